The van der Waals surface area contributed by atoms with Gasteiger partial charge >= 0.3 is 6.18 Å². The van der Waals surface area contributed by atoms with Crippen LogP contribution in [0.2, 0.25) is 0 Å². The first kappa shape index (κ1) is 18.0. The van der Waals surface area contributed by atoms with E-state index in [-0.39, 0.29) is 5.69 Å². The Morgan fingerprint density at radius 3 is 2.50 bits per heavy atom. The summed E-state index contributed by atoms with van der Waals surface area (Å²) in [6, 6.07) is 7.70. The fraction of sp³-hybridized carbons (Fsp3) is 0.263. The molecule has 1 N–H and O–H groups in total. The van der Waals surface area contributed by atoms with E-state index < -0.39 is 17.6 Å². The fourth-order valence-electron chi connectivity index (χ4n) is 2.76. The lowest BCUT2D eigenvalue weighted by molar-refractivity contribution is -0.137. The van der Waals surface area contributed by atoms with Gasteiger partial charge in [0.1, 0.15) is 11.3 Å². The number of carbonyl (C=O) groups is 1. The second-order valence-electron chi connectivity index (χ2n) is 6.16. The molecule has 3 aromatic rings. The van der Waals surface area contributed by atoms with Crippen molar-refractivity contribution in [3.63, 3.8) is 0 Å². The van der Waals surface area contributed by atoms with Crippen molar-refractivity contribution in [1.29, 1.82) is 0 Å². The Hall–Kier alpha value is -2.83. The molecular weight excluding hydrogens is 343 g/mol. The molecule has 0 unspecified atom stereocenters. The van der Waals surface area contributed by atoms with Crippen molar-refractivity contribution < 1.29 is 18.0 Å². The summed E-state index contributed by atoms with van der Waals surface area (Å²) >= 11 is 0. The molecule has 0 aliphatic heterocycles. The summed E-state index contributed by atoms with van der Waals surface area (Å²) in [5.41, 5.74) is 2.72. The number of aromatic nitrogens is 2. The fourth-order valence-corrected chi connectivity index (χ4v) is 2.76. The van der Waals surface area contributed by atoms with Crippen molar-refractivity contribution in [2.45, 2.75) is 33.4 Å². The first-order valence-electron chi connectivity index (χ1n) is 8.17. The zero-order valence-electron chi connectivity index (χ0n) is 14.6. The maximum atomic E-state index is 13.0. The minimum atomic E-state index is -4.49. The molecule has 0 aliphatic rings. The van der Waals surface area contributed by atoms with E-state index in [1.807, 2.05) is 26.0 Å². The van der Waals surface area contributed by atoms with Crippen molar-refractivity contribution in [2.24, 2.45) is 0 Å². The van der Waals surface area contributed by atoms with Crippen LogP contribution in [0.15, 0.2) is 36.5 Å². The summed E-state index contributed by atoms with van der Waals surface area (Å²) in [7, 11) is 0. The maximum Gasteiger partial charge on any atom is 0.417 e. The van der Waals surface area contributed by atoms with Crippen molar-refractivity contribution >= 4 is 17.2 Å². The van der Waals surface area contributed by atoms with Gasteiger partial charge in [0.2, 0.25) is 0 Å². The SMILES string of the molecule is CCc1nc2ccc(C(F)(F)F)cn2c1C(=O)Nc1ccc(C)c(C)c1. The molecule has 0 spiro atoms. The van der Waals surface area contributed by atoms with Gasteiger partial charge in [0.15, 0.2) is 0 Å². The smallest absolute Gasteiger partial charge is 0.321 e. The van der Waals surface area contributed by atoms with Crippen LogP contribution in [0.5, 0.6) is 0 Å². The third-order valence-corrected chi connectivity index (χ3v) is 4.33. The van der Waals surface area contributed by atoms with Gasteiger partial charge in [-0.15, -0.1) is 0 Å². The number of hydrogen-bond acceptors (Lipinski definition) is 2. The molecule has 0 atom stereocenters. The summed E-state index contributed by atoms with van der Waals surface area (Å²) in [5.74, 6) is -0.489. The first-order chi connectivity index (χ1) is 12.2. The van der Waals surface area contributed by atoms with Crippen LogP contribution in [0.25, 0.3) is 5.65 Å². The van der Waals surface area contributed by atoms with Crippen LogP contribution in [-0.4, -0.2) is 15.3 Å². The molecule has 0 fully saturated rings. The number of halogens is 3. The van der Waals surface area contributed by atoms with Crippen molar-refractivity contribution in [1.82, 2.24) is 9.38 Å². The van der Waals surface area contributed by atoms with Crippen molar-refractivity contribution in [2.75, 3.05) is 5.32 Å². The lowest BCUT2D eigenvalue weighted by Crippen LogP contribution is -2.17. The zero-order valence-corrected chi connectivity index (χ0v) is 14.6. The number of anilines is 1. The molecule has 3 rings (SSSR count). The molecular formula is C19H18F3N3O. The number of amides is 1. The Morgan fingerprint density at radius 2 is 1.88 bits per heavy atom. The molecule has 1 aromatic carbocycles. The first-order valence-corrected chi connectivity index (χ1v) is 8.17. The predicted octanol–water partition coefficient (Wildman–Crippen LogP) is 4.78. The van der Waals surface area contributed by atoms with Gasteiger partial charge in [-0.05, 0) is 55.7 Å². The van der Waals surface area contributed by atoms with Gasteiger partial charge in [-0.25, -0.2) is 4.98 Å². The quantitative estimate of drug-likeness (QED) is 0.729. The molecule has 2 aromatic heterocycles. The number of nitrogens with one attached hydrogen (secondary N) is 1. The number of alkyl halides is 3. The van der Waals surface area contributed by atoms with Gasteiger partial charge < -0.3 is 5.32 Å². The van der Waals surface area contributed by atoms with Crippen molar-refractivity contribution in [3.8, 4) is 0 Å². The largest absolute Gasteiger partial charge is 0.417 e. The Bertz CT molecular complexity index is 990. The van der Waals surface area contributed by atoms with Crippen LogP contribution in [0.1, 0.15) is 39.8 Å². The number of aryl methyl sites for hydroxylation is 3. The number of nitrogens with zero attached hydrogens (tertiary/aromatic N) is 2. The maximum absolute atomic E-state index is 13.0. The van der Waals surface area contributed by atoms with Crippen LogP contribution in [-0.2, 0) is 12.6 Å². The number of rotatable bonds is 3. The van der Waals surface area contributed by atoms with Crippen LogP contribution in [0.3, 0.4) is 0 Å². The number of imidazole rings is 1. The summed E-state index contributed by atoms with van der Waals surface area (Å²) < 4.78 is 40.3. The highest BCUT2D eigenvalue weighted by Gasteiger charge is 2.31. The molecule has 0 radical (unpaired) electrons. The summed E-state index contributed by atoms with van der Waals surface area (Å²) in [5, 5.41) is 2.76. The highest BCUT2D eigenvalue weighted by molar-refractivity contribution is 6.04. The zero-order chi connectivity index (χ0) is 19.1. The van der Waals surface area contributed by atoms with E-state index in [2.05, 4.69) is 10.3 Å². The van der Waals surface area contributed by atoms with E-state index in [1.54, 1.807) is 13.0 Å². The normalized spacial score (nSPS) is 11.8. The van der Waals surface area contributed by atoms with Gasteiger partial charge in [-0.2, -0.15) is 13.2 Å². The molecule has 136 valence electrons. The molecule has 1 amide bonds. The van der Waals surface area contributed by atoms with Crippen LogP contribution in [0, 0.1) is 13.8 Å². The van der Waals surface area contributed by atoms with Gasteiger partial charge in [0.25, 0.3) is 5.91 Å². The second kappa shape index (κ2) is 6.48. The molecule has 2 heterocycles. The Kier molecular flexibility index (Phi) is 4.48. The highest BCUT2D eigenvalue weighted by Crippen LogP contribution is 2.30. The number of hydrogen-bond donors (Lipinski definition) is 1. The van der Waals surface area contributed by atoms with E-state index >= 15 is 0 Å². The van der Waals surface area contributed by atoms with Crippen LogP contribution in [0.4, 0.5) is 18.9 Å². The minimum absolute atomic E-state index is 0.117. The van der Waals surface area contributed by atoms with Gasteiger partial charge in [-0.3, -0.25) is 9.20 Å². The molecule has 7 heteroatoms. The van der Waals surface area contributed by atoms with Crippen molar-refractivity contribution in [3.05, 3.63) is 64.6 Å². The predicted molar refractivity (Wildman–Crippen MR) is 93.4 cm³/mol. The lowest BCUT2D eigenvalue weighted by atomic mass is 10.1. The van der Waals surface area contributed by atoms with E-state index in [9.17, 15) is 18.0 Å². The highest BCUT2D eigenvalue weighted by atomic mass is 19.4. The number of fused-ring (bicyclic) bond motifs is 1. The second-order valence-corrected chi connectivity index (χ2v) is 6.16. The van der Waals surface area contributed by atoms with E-state index in [1.165, 1.54) is 10.5 Å². The molecule has 0 saturated heterocycles. The monoisotopic (exact) mass is 361 g/mol. The number of carbonyl (C=O) groups excluding carboxylic acids is 1. The Labute approximate surface area is 148 Å². The molecule has 26 heavy (non-hydrogen) atoms. The molecule has 4 nitrogen and oxygen atoms in total. The third kappa shape index (κ3) is 3.29. The van der Waals surface area contributed by atoms with Crippen LogP contribution < -0.4 is 5.32 Å². The average molecular weight is 361 g/mol. The standard InChI is InChI=1S/C19H18F3N3O/c1-4-15-17(18(26)23-14-7-5-11(2)12(3)9-14)25-10-13(19(20,21)22)6-8-16(25)24-15/h5-10H,4H2,1-3H3,(H,23,26). The number of benzene rings is 1. The average Bonchev–Trinajstić information content (AvgIpc) is 2.95. The molecule has 0 saturated carbocycles. The molecule has 0 aliphatic carbocycles. The van der Waals surface area contributed by atoms with E-state index in [0.717, 1.165) is 23.4 Å². The van der Waals surface area contributed by atoms with Gasteiger partial charge in [0.05, 0.1) is 11.3 Å². The summed E-state index contributed by atoms with van der Waals surface area (Å²) in [6.07, 6.45) is -3.15. The Balaban J connectivity index is 2.06. The summed E-state index contributed by atoms with van der Waals surface area (Å²) in [4.78, 5) is 17.1. The van der Waals surface area contributed by atoms with Crippen LogP contribution >= 0.6 is 0 Å². The topological polar surface area (TPSA) is 46.4 Å². The number of pyridine rings is 1. The minimum Gasteiger partial charge on any atom is -0.321 e. The van der Waals surface area contributed by atoms with E-state index in [0.29, 0.717) is 23.4 Å². The van der Waals surface area contributed by atoms with Gasteiger partial charge in [0, 0.05) is 11.9 Å². The van der Waals surface area contributed by atoms with Gasteiger partial charge in [-0.1, -0.05) is 13.0 Å². The summed E-state index contributed by atoms with van der Waals surface area (Å²) in [6.45, 7) is 5.69. The third-order valence-electron chi connectivity index (χ3n) is 4.33. The van der Waals surface area contributed by atoms with E-state index in [4.69, 9.17) is 0 Å². The lowest BCUT2D eigenvalue weighted by Gasteiger charge is -2.10. The Morgan fingerprint density at radius 1 is 1.15 bits per heavy atom. The molecule has 0 bridgehead atoms.